The molecule has 0 radical (unpaired) electrons. The quantitative estimate of drug-likeness (QED) is 0.627. The van der Waals surface area contributed by atoms with Crippen molar-refractivity contribution in [2.45, 2.75) is 18.4 Å². The Bertz CT molecular complexity index is 416. The van der Waals surface area contributed by atoms with Crippen LogP contribution in [0.3, 0.4) is 0 Å². The van der Waals surface area contributed by atoms with E-state index in [2.05, 4.69) is 15.9 Å². The van der Waals surface area contributed by atoms with Gasteiger partial charge in [-0.2, -0.15) is 13.2 Å². The molecule has 0 bridgehead atoms. The predicted octanol–water partition coefficient (Wildman–Crippen LogP) is 3.78. The van der Waals surface area contributed by atoms with Gasteiger partial charge in [0.1, 0.15) is 0 Å². The second-order valence-electron chi connectivity index (χ2n) is 3.22. The van der Waals surface area contributed by atoms with E-state index in [0.717, 1.165) is 12.1 Å². The topological polar surface area (TPSA) is 26.3 Å². The summed E-state index contributed by atoms with van der Waals surface area (Å²) in [5.41, 5.74) is -0.444. The van der Waals surface area contributed by atoms with Crippen LogP contribution in [0.5, 0.6) is 0 Å². The molecule has 1 aromatic carbocycles. The van der Waals surface area contributed by atoms with Crippen molar-refractivity contribution in [3.63, 3.8) is 0 Å². The van der Waals surface area contributed by atoms with E-state index in [1.807, 2.05) is 0 Å². The van der Waals surface area contributed by atoms with Crippen molar-refractivity contribution in [2.75, 3.05) is 6.61 Å². The molecule has 0 amide bonds. The van der Waals surface area contributed by atoms with Gasteiger partial charge in [-0.3, -0.25) is 0 Å². The maximum absolute atomic E-state index is 12.5. The highest BCUT2D eigenvalue weighted by molar-refractivity contribution is 9.08. The summed E-state index contributed by atoms with van der Waals surface area (Å²) in [6.07, 6.45) is -4.47. The number of esters is 1. The van der Waals surface area contributed by atoms with Crippen LogP contribution < -0.4 is 0 Å². The summed E-state index contributed by atoms with van der Waals surface area (Å²) in [5, 5.41) is 0.291. The van der Waals surface area contributed by atoms with Gasteiger partial charge in [0.2, 0.25) is 0 Å². The molecule has 2 nitrogen and oxygen atoms in total. The molecular formula is C11H10BrF3O2. The predicted molar refractivity (Wildman–Crippen MR) is 60.0 cm³/mol. The average Bonchev–Trinajstić information content (AvgIpc) is 2.27. The minimum Gasteiger partial charge on any atom is -0.462 e. The standard InChI is InChI=1S/C11H10BrF3O2/c1-2-17-10(16)9-5-8(11(13,14)15)4-3-7(9)6-12/h3-5H,2,6H2,1H3. The zero-order valence-electron chi connectivity index (χ0n) is 8.97. The van der Waals surface area contributed by atoms with Crippen LogP contribution in [0, 0.1) is 0 Å². The van der Waals surface area contributed by atoms with Crippen LogP contribution in [0.15, 0.2) is 18.2 Å². The van der Waals surface area contributed by atoms with Gasteiger partial charge < -0.3 is 4.74 Å². The molecule has 1 rings (SSSR count). The van der Waals surface area contributed by atoms with Gasteiger partial charge in [-0.25, -0.2) is 4.79 Å². The second kappa shape index (κ2) is 5.53. The molecule has 0 spiro atoms. The fraction of sp³-hybridized carbons (Fsp3) is 0.364. The molecule has 17 heavy (non-hydrogen) atoms. The average molecular weight is 311 g/mol. The SMILES string of the molecule is CCOC(=O)c1cc(C(F)(F)F)ccc1CBr. The highest BCUT2D eigenvalue weighted by Crippen LogP contribution is 2.31. The zero-order chi connectivity index (χ0) is 13.1. The summed E-state index contributed by atoms with van der Waals surface area (Å²) in [6.45, 7) is 1.72. The summed E-state index contributed by atoms with van der Waals surface area (Å²) >= 11 is 3.11. The van der Waals surface area contributed by atoms with Crippen LogP contribution in [0.25, 0.3) is 0 Å². The molecule has 6 heteroatoms. The largest absolute Gasteiger partial charge is 0.462 e. The Kier molecular flexibility index (Phi) is 4.56. The van der Waals surface area contributed by atoms with E-state index in [0.29, 0.717) is 10.9 Å². The van der Waals surface area contributed by atoms with E-state index in [9.17, 15) is 18.0 Å². The van der Waals surface area contributed by atoms with Crippen LogP contribution in [0.2, 0.25) is 0 Å². The van der Waals surface area contributed by atoms with Crippen molar-refractivity contribution in [2.24, 2.45) is 0 Å². The Morgan fingerprint density at radius 1 is 1.41 bits per heavy atom. The molecule has 0 unspecified atom stereocenters. The maximum Gasteiger partial charge on any atom is 0.416 e. The van der Waals surface area contributed by atoms with Gasteiger partial charge in [-0.15, -0.1) is 0 Å². The van der Waals surface area contributed by atoms with Crippen molar-refractivity contribution in [1.29, 1.82) is 0 Å². The van der Waals surface area contributed by atoms with Gasteiger partial charge in [0.05, 0.1) is 17.7 Å². The Labute approximate surface area is 105 Å². The van der Waals surface area contributed by atoms with Crippen molar-refractivity contribution < 1.29 is 22.7 Å². The lowest BCUT2D eigenvalue weighted by molar-refractivity contribution is -0.137. The summed E-state index contributed by atoms with van der Waals surface area (Å²) in [4.78, 5) is 11.5. The Balaban J connectivity index is 3.20. The second-order valence-corrected chi connectivity index (χ2v) is 3.78. The van der Waals surface area contributed by atoms with Gasteiger partial charge in [0, 0.05) is 5.33 Å². The number of rotatable bonds is 3. The fourth-order valence-electron chi connectivity index (χ4n) is 1.27. The third-order valence-electron chi connectivity index (χ3n) is 2.08. The van der Waals surface area contributed by atoms with Gasteiger partial charge in [0.25, 0.3) is 0 Å². The molecule has 0 saturated heterocycles. The molecule has 0 N–H and O–H groups in total. The zero-order valence-corrected chi connectivity index (χ0v) is 10.6. The van der Waals surface area contributed by atoms with E-state index in [-0.39, 0.29) is 12.2 Å². The number of hydrogen-bond acceptors (Lipinski definition) is 2. The summed E-state index contributed by atoms with van der Waals surface area (Å²) in [6, 6.07) is 3.03. The maximum atomic E-state index is 12.5. The third-order valence-corrected chi connectivity index (χ3v) is 2.68. The van der Waals surface area contributed by atoms with Crippen LogP contribution in [0.4, 0.5) is 13.2 Å². The van der Waals surface area contributed by atoms with Gasteiger partial charge in [0.15, 0.2) is 0 Å². The lowest BCUT2D eigenvalue weighted by Gasteiger charge is -2.11. The molecule has 0 aliphatic rings. The highest BCUT2D eigenvalue weighted by Gasteiger charge is 2.31. The van der Waals surface area contributed by atoms with Crippen LogP contribution in [-0.4, -0.2) is 12.6 Å². The number of carbonyl (C=O) groups excluding carboxylic acids is 1. The Morgan fingerprint density at radius 2 is 2.06 bits per heavy atom. The van der Waals surface area contributed by atoms with Gasteiger partial charge in [-0.05, 0) is 24.6 Å². The van der Waals surface area contributed by atoms with Gasteiger partial charge >= 0.3 is 12.1 Å². The molecule has 1 aromatic rings. The Hall–Kier alpha value is -1.04. The minimum absolute atomic E-state index is 0.0569. The fourth-order valence-corrected chi connectivity index (χ4v) is 1.76. The normalized spacial score (nSPS) is 11.4. The number of alkyl halides is 4. The first-order valence-electron chi connectivity index (χ1n) is 4.83. The number of carbonyl (C=O) groups is 1. The summed E-state index contributed by atoms with van der Waals surface area (Å²) in [7, 11) is 0. The van der Waals surface area contributed by atoms with Gasteiger partial charge in [-0.1, -0.05) is 22.0 Å². The van der Waals surface area contributed by atoms with Crippen LogP contribution in [0.1, 0.15) is 28.4 Å². The molecule has 0 aliphatic heterocycles. The monoisotopic (exact) mass is 310 g/mol. The molecule has 0 atom stereocenters. The van der Waals surface area contributed by atoms with E-state index < -0.39 is 17.7 Å². The molecule has 0 saturated carbocycles. The summed E-state index contributed by atoms with van der Waals surface area (Å²) in [5.74, 6) is -0.743. The molecule has 0 fully saturated rings. The number of hydrogen-bond donors (Lipinski definition) is 0. The lowest BCUT2D eigenvalue weighted by Crippen LogP contribution is -2.11. The van der Waals surface area contributed by atoms with Crippen LogP contribution >= 0.6 is 15.9 Å². The van der Waals surface area contributed by atoms with E-state index in [1.54, 1.807) is 6.92 Å². The molecular weight excluding hydrogens is 301 g/mol. The van der Waals surface area contributed by atoms with E-state index in [4.69, 9.17) is 4.74 Å². The van der Waals surface area contributed by atoms with Crippen molar-refractivity contribution in [3.05, 3.63) is 34.9 Å². The smallest absolute Gasteiger partial charge is 0.416 e. The minimum atomic E-state index is -4.47. The van der Waals surface area contributed by atoms with Crippen molar-refractivity contribution >= 4 is 21.9 Å². The first kappa shape index (κ1) is 14.0. The molecule has 0 aromatic heterocycles. The lowest BCUT2D eigenvalue weighted by atomic mass is 10.0. The number of benzene rings is 1. The third kappa shape index (κ3) is 3.46. The number of ether oxygens (including phenoxy) is 1. The molecule has 0 aliphatic carbocycles. The molecule has 0 heterocycles. The van der Waals surface area contributed by atoms with E-state index in [1.165, 1.54) is 6.07 Å². The summed E-state index contributed by atoms with van der Waals surface area (Å²) < 4.78 is 42.2. The molecule has 94 valence electrons. The van der Waals surface area contributed by atoms with Crippen molar-refractivity contribution in [1.82, 2.24) is 0 Å². The first-order chi connectivity index (χ1) is 7.90. The van der Waals surface area contributed by atoms with Crippen molar-refractivity contribution in [3.8, 4) is 0 Å². The Morgan fingerprint density at radius 3 is 2.53 bits per heavy atom. The van der Waals surface area contributed by atoms with E-state index >= 15 is 0 Å². The first-order valence-corrected chi connectivity index (χ1v) is 5.95. The van der Waals surface area contributed by atoms with Crippen LogP contribution in [-0.2, 0) is 16.2 Å². The highest BCUT2D eigenvalue weighted by atomic mass is 79.9. The number of halogens is 4.